The number of ether oxygens (including phenoxy) is 1. The smallest absolute Gasteiger partial charge is 0.247 e. The normalized spacial score (nSPS) is 18.6. The Kier molecular flexibility index (Phi) is 4.27. The van der Waals surface area contributed by atoms with E-state index in [9.17, 15) is 13.5 Å². The minimum Gasteiger partial charge on any atom is -0.495 e. The molecule has 0 atom stereocenters. The molecule has 118 valence electrons. The van der Waals surface area contributed by atoms with Gasteiger partial charge in [-0.2, -0.15) is 4.31 Å². The lowest BCUT2D eigenvalue weighted by molar-refractivity contribution is -0.0932. The molecule has 1 aliphatic heterocycles. The Morgan fingerprint density at radius 3 is 2.48 bits per heavy atom. The molecule has 1 heterocycles. The SMILES string of the molecule is COc1cc(Br)c(N)cc1S(=O)(=O)N1CC(O)(C(C)C)C1. The minimum atomic E-state index is -3.74. The van der Waals surface area contributed by atoms with Gasteiger partial charge in [0.05, 0.1) is 12.7 Å². The molecule has 21 heavy (non-hydrogen) atoms. The van der Waals surface area contributed by atoms with E-state index in [2.05, 4.69) is 15.9 Å². The van der Waals surface area contributed by atoms with Crippen molar-refractivity contribution in [2.24, 2.45) is 5.92 Å². The van der Waals surface area contributed by atoms with Crippen molar-refractivity contribution in [2.75, 3.05) is 25.9 Å². The van der Waals surface area contributed by atoms with Crippen LogP contribution in [0.4, 0.5) is 5.69 Å². The van der Waals surface area contributed by atoms with E-state index in [4.69, 9.17) is 10.5 Å². The summed E-state index contributed by atoms with van der Waals surface area (Å²) in [5.74, 6) is 0.205. The van der Waals surface area contributed by atoms with Crippen LogP contribution in [0.1, 0.15) is 13.8 Å². The van der Waals surface area contributed by atoms with E-state index in [0.717, 1.165) is 0 Å². The molecule has 0 radical (unpaired) electrons. The molecule has 3 N–H and O–H groups in total. The predicted octanol–water partition coefficient (Wildman–Crippen LogP) is 1.43. The summed E-state index contributed by atoms with van der Waals surface area (Å²) in [7, 11) is -2.34. The molecule has 8 heteroatoms. The van der Waals surface area contributed by atoms with Gasteiger partial charge in [-0.15, -0.1) is 0 Å². The molecule has 1 aliphatic rings. The Labute approximate surface area is 133 Å². The number of nitrogens with zero attached hydrogens (tertiary/aromatic N) is 1. The number of rotatable bonds is 4. The summed E-state index contributed by atoms with van der Waals surface area (Å²) in [4.78, 5) is 0.0107. The van der Waals surface area contributed by atoms with Crippen LogP contribution in [0, 0.1) is 5.92 Å². The number of sulfonamides is 1. The van der Waals surface area contributed by atoms with Crippen LogP contribution in [-0.4, -0.2) is 43.6 Å². The number of aliphatic hydroxyl groups is 1. The van der Waals surface area contributed by atoms with Crippen molar-refractivity contribution in [2.45, 2.75) is 24.3 Å². The first-order valence-electron chi connectivity index (χ1n) is 6.47. The molecule has 2 rings (SSSR count). The fraction of sp³-hybridized carbons (Fsp3) is 0.538. The zero-order valence-corrected chi connectivity index (χ0v) is 14.5. The lowest BCUT2D eigenvalue weighted by Crippen LogP contribution is -2.65. The maximum Gasteiger partial charge on any atom is 0.247 e. The van der Waals surface area contributed by atoms with Gasteiger partial charge in [0.25, 0.3) is 0 Å². The Morgan fingerprint density at radius 1 is 1.43 bits per heavy atom. The number of hydrogen-bond donors (Lipinski definition) is 2. The average molecular weight is 379 g/mol. The average Bonchev–Trinajstić information content (AvgIpc) is 2.37. The van der Waals surface area contributed by atoms with Gasteiger partial charge in [-0.1, -0.05) is 13.8 Å². The number of hydrogen-bond acceptors (Lipinski definition) is 5. The summed E-state index contributed by atoms with van der Waals surface area (Å²) in [5, 5.41) is 10.2. The molecule has 0 spiro atoms. The van der Waals surface area contributed by atoms with Gasteiger partial charge in [-0.3, -0.25) is 0 Å². The Hall–Kier alpha value is -0.830. The van der Waals surface area contributed by atoms with Crippen molar-refractivity contribution in [1.82, 2.24) is 4.31 Å². The molecular formula is C13H19BrN2O4S. The topological polar surface area (TPSA) is 92.9 Å². The standard InChI is InChI=1S/C13H19BrN2O4S/c1-8(2)13(17)6-16(7-13)21(18,19)12-5-10(15)9(14)4-11(12)20-3/h4-5,8,17H,6-7,15H2,1-3H3. The Morgan fingerprint density at radius 2 is 2.00 bits per heavy atom. The first-order chi connectivity index (χ1) is 9.61. The third-order valence-electron chi connectivity index (χ3n) is 3.88. The molecule has 1 fully saturated rings. The molecule has 1 aromatic carbocycles. The highest BCUT2D eigenvalue weighted by Gasteiger charge is 2.49. The fourth-order valence-electron chi connectivity index (χ4n) is 2.15. The number of halogens is 1. The second kappa shape index (κ2) is 5.42. The molecule has 6 nitrogen and oxygen atoms in total. The van der Waals surface area contributed by atoms with Gasteiger partial charge in [0, 0.05) is 23.2 Å². The van der Waals surface area contributed by atoms with Crippen molar-refractivity contribution in [3.63, 3.8) is 0 Å². The van der Waals surface area contributed by atoms with Gasteiger partial charge in [0.15, 0.2) is 0 Å². The zero-order valence-electron chi connectivity index (χ0n) is 12.1. The third-order valence-corrected chi connectivity index (χ3v) is 6.38. The molecule has 0 aliphatic carbocycles. The second-order valence-electron chi connectivity index (χ2n) is 5.56. The number of nitrogens with two attached hydrogens (primary N) is 1. The molecule has 0 aromatic heterocycles. The molecule has 0 unspecified atom stereocenters. The maximum atomic E-state index is 12.6. The van der Waals surface area contributed by atoms with Crippen molar-refractivity contribution >= 4 is 31.6 Å². The summed E-state index contributed by atoms with van der Waals surface area (Å²) in [6.07, 6.45) is 0. The summed E-state index contributed by atoms with van der Waals surface area (Å²) in [6, 6.07) is 2.89. The van der Waals surface area contributed by atoms with Crippen LogP contribution >= 0.6 is 15.9 Å². The van der Waals surface area contributed by atoms with Crippen molar-refractivity contribution < 1.29 is 18.3 Å². The number of methoxy groups -OCH3 is 1. The second-order valence-corrected chi connectivity index (χ2v) is 8.32. The quantitative estimate of drug-likeness (QED) is 0.773. The van der Waals surface area contributed by atoms with Gasteiger partial charge in [-0.05, 0) is 34.0 Å². The highest BCUT2D eigenvalue weighted by atomic mass is 79.9. The van der Waals surface area contributed by atoms with Crippen LogP contribution in [0.2, 0.25) is 0 Å². The van der Waals surface area contributed by atoms with Crippen molar-refractivity contribution in [3.8, 4) is 5.75 Å². The number of β-amino-alcohol motifs (C(OH)–C–C–N with tert-alkyl or cyclic N) is 1. The molecule has 0 amide bonds. The van der Waals surface area contributed by atoms with E-state index in [-0.39, 0.29) is 29.7 Å². The Balaban J connectivity index is 2.36. The monoisotopic (exact) mass is 378 g/mol. The van der Waals surface area contributed by atoms with Crippen LogP contribution in [0.25, 0.3) is 0 Å². The highest BCUT2D eigenvalue weighted by Crippen LogP contribution is 2.38. The molecule has 0 saturated carbocycles. The van der Waals surface area contributed by atoms with E-state index in [1.54, 1.807) is 0 Å². The minimum absolute atomic E-state index is 0.0107. The van der Waals surface area contributed by atoms with E-state index in [1.807, 2.05) is 13.8 Å². The first-order valence-corrected chi connectivity index (χ1v) is 8.70. The number of anilines is 1. The van der Waals surface area contributed by atoms with E-state index >= 15 is 0 Å². The first kappa shape index (κ1) is 16.5. The number of benzene rings is 1. The fourth-order valence-corrected chi connectivity index (χ4v) is 4.21. The van der Waals surface area contributed by atoms with E-state index in [1.165, 1.54) is 23.5 Å². The molecule has 1 aromatic rings. The van der Waals surface area contributed by atoms with Crippen molar-refractivity contribution in [1.29, 1.82) is 0 Å². The van der Waals surface area contributed by atoms with Gasteiger partial charge in [0.2, 0.25) is 10.0 Å². The lowest BCUT2D eigenvalue weighted by atomic mass is 9.85. The van der Waals surface area contributed by atoms with Gasteiger partial charge < -0.3 is 15.6 Å². The van der Waals surface area contributed by atoms with Gasteiger partial charge in [0.1, 0.15) is 10.6 Å². The predicted molar refractivity (Wildman–Crippen MR) is 83.7 cm³/mol. The van der Waals surface area contributed by atoms with Crippen LogP contribution in [0.15, 0.2) is 21.5 Å². The summed E-state index contributed by atoms with van der Waals surface area (Å²) in [6.45, 7) is 3.88. The summed E-state index contributed by atoms with van der Waals surface area (Å²) < 4.78 is 32.2. The van der Waals surface area contributed by atoms with Gasteiger partial charge in [-0.25, -0.2) is 8.42 Å². The zero-order chi connectivity index (χ0) is 16.0. The molecule has 0 bridgehead atoms. The summed E-state index contributed by atoms with van der Waals surface area (Å²) >= 11 is 3.24. The molecular weight excluding hydrogens is 360 g/mol. The highest BCUT2D eigenvalue weighted by molar-refractivity contribution is 9.10. The Bertz CT molecular complexity index is 654. The van der Waals surface area contributed by atoms with Crippen LogP contribution in [0.3, 0.4) is 0 Å². The largest absolute Gasteiger partial charge is 0.495 e. The van der Waals surface area contributed by atoms with E-state index in [0.29, 0.717) is 10.2 Å². The van der Waals surface area contributed by atoms with Crippen LogP contribution < -0.4 is 10.5 Å². The van der Waals surface area contributed by atoms with Gasteiger partial charge >= 0.3 is 0 Å². The van der Waals surface area contributed by atoms with E-state index < -0.39 is 15.6 Å². The summed E-state index contributed by atoms with van der Waals surface area (Å²) in [5.41, 5.74) is 5.11. The number of nitrogen functional groups attached to an aromatic ring is 1. The molecule has 1 saturated heterocycles. The maximum absolute atomic E-state index is 12.6. The van der Waals surface area contributed by atoms with Crippen LogP contribution in [0.5, 0.6) is 5.75 Å². The van der Waals surface area contributed by atoms with Crippen LogP contribution in [-0.2, 0) is 10.0 Å². The van der Waals surface area contributed by atoms with Crippen molar-refractivity contribution in [3.05, 3.63) is 16.6 Å². The third kappa shape index (κ3) is 2.77. The lowest BCUT2D eigenvalue weighted by Gasteiger charge is -2.47.